The molecule has 12 nitrogen and oxygen atoms in total. The van der Waals surface area contributed by atoms with Crippen molar-refractivity contribution in [2.75, 3.05) is 14.2 Å². The number of thiazole rings is 2. The first-order valence-electron chi connectivity index (χ1n) is 14.7. The predicted molar refractivity (Wildman–Crippen MR) is 192 cm³/mol. The van der Waals surface area contributed by atoms with E-state index in [9.17, 15) is 21.0 Å². The van der Waals surface area contributed by atoms with Gasteiger partial charge in [-0.05, 0) is 39.8 Å². The highest BCUT2D eigenvalue weighted by Gasteiger charge is 2.42. The van der Waals surface area contributed by atoms with Crippen molar-refractivity contribution in [1.29, 1.82) is 21.0 Å². The lowest BCUT2D eigenvalue weighted by Gasteiger charge is -2.37. The van der Waals surface area contributed by atoms with Gasteiger partial charge in [-0.1, -0.05) is 0 Å². The van der Waals surface area contributed by atoms with E-state index in [0.717, 1.165) is 32.0 Å². The van der Waals surface area contributed by atoms with Crippen LogP contribution >= 0.6 is 45.3 Å². The highest BCUT2D eigenvalue weighted by molar-refractivity contribution is 7.26. The largest absolute Gasteiger partial charge is 0.495 e. The van der Waals surface area contributed by atoms with Gasteiger partial charge in [0.05, 0.1) is 24.0 Å². The Balaban J connectivity index is 1.35. The zero-order valence-corrected chi connectivity index (χ0v) is 30.4. The van der Waals surface area contributed by atoms with Gasteiger partial charge < -0.3 is 18.9 Å². The number of hydrogen-bond donors (Lipinski definition) is 0. The topological polar surface area (TPSA) is 183 Å². The molecule has 7 rings (SSSR count). The third kappa shape index (κ3) is 5.36. The number of thiophene rings is 2. The minimum absolute atomic E-state index is 0.248. The minimum Gasteiger partial charge on any atom is -0.495 e. The maximum atomic E-state index is 9.19. The summed E-state index contributed by atoms with van der Waals surface area (Å²) in [6.45, 7) is 8.01. The molecule has 0 amide bonds. The standard InChI is InChI=1S/C34H22N8O4S4/c1-33(2)19-7-18-20(8-17(19)25-29(45-33)41-31(49-25)27-21(43-5)9-23(47-27)39-15(11-35)12-36)34(3,4)46-30-26(18)50-32(42-30)28-22(44-6)10-24(48-28)40-16(13-37)14-38/h7-10H,1-6H3. The number of nitriles is 4. The fraction of sp³-hybridized carbons (Fsp3) is 0.235. The summed E-state index contributed by atoms with van der Waals surface area (Å²) in [5, 5.41) is 39.0. The fourth-order valence-electron chi connectivity index (χ4n) is 5.66. The quantitative estimate of drug-likeness (QED) is 0.153. The van der Waals surface area contributed by atoms with Crippen molar-refractivity contribution < 1.29 is 18.9 Å². The first-order chi connectivity index (χ1) is 23.9. The van der Waals surface area contributed by atoms with Crippen LogP contribution in [0.25, 0.3) is 40.7 Å². The second kappa shape index (κ2) is 12.1. The third-order valence-corrected chi connectivity index (χ3v) is 12.4. The van der Waals surface area contributed by atoms with Gasteiger partial charge in [-0.25, -0.2) is 20.0 Å². The molecule has 0 bridgehead atoms. The molecule has 0 N–H and O–H groups in total. The van der Waals surface area contributed by atoms with Crippen LogP contribution < -0.4 is 18.9 Å². The van der Waals surface area contributed by atoms with Gasteiger partial charge >= 0.3 is 0 Å². The molecule has 1 aromatic carbocycles. The lowest BCUT2D eigenvalue weighted by Crippen LogP contribution is -2.32. The molecule has 0 atom stereocenters. The Morgan fingerprint density at radius 3 is 1.34 bits per heavy atom. The zero-order chi connectivity index (χ0) is 35.5. The Morgan fingerprint density at radius 2 is 1.00 bits per heavy atom. The molecule has 0 aliphatic carbocycles. The van der Waals surface area contributed by atoms with Gasteiger partial charge in [0, 0.05) is 34.4 Å². The number of aromatic nitrogens is 2. The summed E-state index contributed by atoms with van der Waals surface area (Å²) in [5.41, 5.74) is 1.91. The summed E-state index contributed by atoms with van der Waals surface area (Å²) in [7, 11) is 3.09. The van der Waals surface area contributed by atoms with Gasteiger partial charge in [-0.3, -0.25) is 0 Å². The van der Waals surface area contributed by atoms with Crippen LogP contribution in [-0.2, 0) is 11.2 Å². The molecule has 0 saturated heterocycles. The van der Waals surface area contributed by atoms with Crippen molar-refractivity contribution in [3.63, 3.8) is 0 Å². The first kappa shape index (κ1) is 32.9. The summed E-state index contributed by atoms with van der Waals surface area (Å²) in [6.07, 6.45) is 0. The fourth-order valence-corrected chi connectivity index (χ4v) is 9.87. The van der Waals surface area contributed by atoms with Crippen LogP contribution in [0, 0.1) is 45.3 Å². The SMILES string of the molecule is COc1cc(N=C(C#N)C#N)sc1-c1nc2c(s1)-c1cc3c(cc1C(C)(C)O2)-c1sc(-c2sc(N=C(C#N)C#N)cc2OC)nc1OC3(C)C. The van der Waals surface area contributed by atoms with Crippen molar-refractivity contribution in [1.82, 2.24) is 9.97 Å². The second-order valence-electron chi connectivity index (χ2n) is 11.8. The van der Waals surface area contributed by atoms with Crippen LogP contribution in [0.15, 0.2) is 34.3 Å². The summed E-state index contributed by atoms with van der Waals surface area (Å²) in [5.74, 6) is 2.04. The number of benzene rings is 1. The summed E-state index contributed by atoms with van der Waals surface area (Å²) in [6, 6.07) is 14.8. The van der Waals surface area contributed by atoms with Crippen molar-refractivity contribution in [3.05, 3.63) is 35.4 Å². The lowest BCUT2D eigenvalue weighted by atomic mass is 9.81. The van der Waals surface area contributed by atoms with Gasteiger partial charge in [0.25, 0.3) is 0 Å². The Bertz CT molecular complexity index is 2280. The molecule has 50 heavy (non-hydrogen) atoms. The predicted octanol–water partition coefficient (Wildman–Crippen LogP) is 8.90. The summed E-state index contributed by atoms with van der Waals surface area (Å²) < 4.78 is 24.3. The Morgan fingerprint density at radius 1 is 0.620 bits per heavy atom. The van der Waals surface area contributed by atoms with E-state index in [0.29, 0.717) is 53.0 Å². The van der Waals surface area contributed by atoms with Gasteiger partial charge in [-0.15, -0.1) is 45.3 Å². The van der Waals surface area contributed by atoms with Crippen LogP contribution in [0.2, 0.25) is 0 Å². The van der Waals surface area contributed by atoms with Crippen LogP contribution in [0.3, 0.4) is 0 Å². The lowest BCUT2D eigenvalue weighted by molar-refractivity contribution is 0.0954. The molecular formula is C34H22N8O4S4. The van der Waals surface area contributed by atoms with Crippen LogP contribution in [0.5, 0.6) is 23.3 Å². The number of ether oxygens (including phenoxy) is 4. The van der Waals surface area contributed by atoms with E-state index >= 15 is 0 Å². The molecule has 16 heteroatoms. The molecular weight excluding hydrogens is 713 g/mol. The summed E-state index contributed by atoms with van der Waals surface area (Å²) >= 11 is 5.46. The van der Waals surface area contributed by atoms with E-state index in [1.54, 1.807) is 50.6 Å². The average Bonchev–Trinajstić information content (AvgIpc) is 3.89. The van der Waals surface area contributed by atoms with Crippen molar-refractivity contribution in [2.45, 2.75) is 38.9 Å². The normalized spacial score (nSPS) is 14.0. The van der Waals surface area contributed by atoms with E-state index in [1.165, 1.54) is 45.3 Å². The number of hydrogen-bond acceptors (Lipinski definition) is 16. The molecule has 2 aliphatic rings. The van der Waals surface area contributed by atoms with Gasteiger partial charge in [0.2, 0.25) is 23.2 Å². The molecule has 6 heterocycles. The molecule has 0 fully saturated rings. The maximum absolute atomic E-state index is 9.19. The molecule has 2 aliphatic heterocycles. The van der Waals surface area contributed by atoms with E-state index in [2.05, 4.69) is 22.1 Å². The molecule has 0 saturated carbocycles. The number of fused-ring (bicyclic) bond motifs is 6. The monoisotopic (exact) mass is 734 g/mol. The van der Waals surface area contributed by atoms with Crippen molar-refractivity contribution in [2.24, 2.45) is 9.98 Å². The van der Waals surface area contributed by atoms with Gasteiger partial charge in [-0.2, -0.15) is 21.0 Å². The Labute approximate surface area is 302 Å². The molecule has 0 unspecified atom stereocenters. The molecule has 5 aromatic rings. The number of aliphatic imine (C=N–C) groups is 2. The molecule has 246 valence electrons. The van der Waals surface area contributed by atoms with Crippen LogP contribution in [0.1, 0.15) is 38.8 Å². The zero-order valence-electron chi connectivity index (χ0n) is 27.2. The first-order valence-corrected chi connectivity index (χ1v) is 17.9. The van der Waals surface area contributed by atoms with Crippen molar-refractivity contribution >= 4 is 66.8 Å². The van der Waals surface area contributed by atoms with Crippen LogP contribution in [-0.4, -0.2) is 35.6 Å². The molecule has 0 spiro atoms. The maximum Gasteiger partial charge on any atom is 0.234 e. The number of rotatable bonds is 6. The van der Waals surface area contributed by atoms with E-state index in [-0.39, 0.29) is 11.4 Å². The minimum atomic E-state index is -0.745. The van der Waals surface area contributed by atoms with Crippen LogP contribution in [0.4, 0.5) is 10.0 Å². The van der Waals surface area contributed by atoms with E-state index in [1.807, 2.05) is 27.7 Å². The second-order valence-corrected chi connectivity index (χ2v) is 15.9. The smallest absolute Gasteiger partial charge is 0.234 e. The van der Waals surface area contributed by atoms with Gasteiger partial charge in [0.1, 0.15) is 76.7 Å². The van der Waals surface area contributed by atoms with E-state index < -0.39 is 11.2 Å². The highest BCUT2D eigenvalue weighted by Crippen LogP contribution is 2.57. The Hall–Kier alpha value is -5.62. The van der Waals surface area contributed by atoms with Crippen molar-refractivity contribution in [3.8, 4) is 88.2 Å². The average molecular weight is 735 g/mol. The molecule has 0 radical (unpaired) electrons. The Kier molecular flexibility index (Phi) is 7.94. The summed E-state index contributed by atoms with van der Waals surface area (Å²) in [4.78, 5) is 21.2. The highest BCUT2D eigenvalue weighted by atomic mass is 32.1. The number of nitrogens with zero attached hydrogens (tertiary/aromatic N) is 8. The molecule has 4 aromatic heterocycles. The van der Waals surface area contributed by atoms with E-state index in [4.69, 9.17) is 28.9 Å². The van der Waals surface area contributed by atoms with Gasteiger partial charge in [0.15, 0.2) is 0 Å². The number of methoxy groups -OCH3 is 2. The third-order valence-electron chi connectivity index (χ3n) is 7.91.